The van der Waals surface area contributed by atoms with Gasteiger partial charge in [0.1, 0.15) is 12.4 Å². The fraction of sp³-hybridized carbons (Fsp3) is 0.423. The number of hydrogen-bond acceptors (Lipinski definition) is 4. The van der Waals surface area contributed by atoms with Gasteiger partial charge in [-0.05, 0) is 30.0 Å². The second-order valence-corrected chi connectivity index (χ2v) is 9.31. The van der Waals surface area contributed by atoms with Crippen LogP contribution in [0, 0.1) is 5.92 Å². The smallest absolute Gasteiger partial charge is 0.254 e. The summed E-state index contributed by atoms with van der Waals surface area (Å²) in [5, 5.41) is 3.07. The van der Waals surface area contributed by atoms with Crippen molar-refractivity contribution in [3.8, 4) is 16.9 Å². The van der Waals surface area contributed by atoms with Gasteiger partial charge in [0.25, 0.3) is 5.91 Å². The van der Waals surface area contributed by atoms with E-state index in [9.17, 15) is 14.4 Å². The van der Waals surface area contributed by atoms with Crippen molar-refractivity contribution >= 4 is 17.7 Å². The van der Waals surface area contributed by atoms with Crippen LogP contribution in [0.1, 0.15) is 37.0 Å². The Balaban J connectivity index is 1.64. The molecule has 0 unspecified atom stereocenters. The highest BCUT2D eigenvalue weighted by molar-refractivity contribution is 6.02. The van der Waals surface area contributed by atoms with E-state index < -0.39 is 0 Å². The van der Waals surface area contributed by atoms with Crippen molar-refractivity contribution in [3.05, 3.63) is 54.1 Å². The van der Waals surface area contributed by atoms with Gasteiger partial charge in [-0.15, -0.1) is 0 Å². The highest BCUT2D eigenvalue weighted by atomic mass is 16.5. The molecule has 2 aromatic carbocycles. The maximum Gasteiger partial charge on any atom is 0.254 e. The number of fused-ring (bicyclic) bond motifs is 4. The standard InChI is InChI=1S/C26H31N3O4/c1-17(2)12-24(30)27-18-13-19-16-33-23-11-7-6-9-21(23)20-8-4-5-10-22(20)26(32)28(3)15-25(31)29(19)14-18/h4-11,17-19H,12-16H2,1-3H3,(H,27,30)/t18-,19+/m1/s1. The molecule has 0 spiro atoms. The molecule has 0 radical (unpaired) electrons. The molecule has 2 aromatic rings. The van der Waals surface area contributed by atoms with Crippen molar-refractivity contribution in [2.75, 3.05) is 26.7 Å². The Hall–Kier alpha value is -3.35. The molecule has 1 N–H and O–H groups in total. The Morgan fingerprint density at radius 2 is 1.73 bits per heavy atom. The number of benzene rings is 2. The van der Waals surface area contributed by atoms with Crippen LogP contribution in [0.25, 0.3) is 11.1 Å². The zero-order valence-corrected chi connectivity index (χ0v) is 19.4. The minimum atomic E-state index is -0.216. The van der Waals surface area contributed by atoms with Gasteiger partial charge in [0.05, 0.1) is 12.6 Å². The molecular weight excluding hydrogens is 418 g/mol. The van der Waals surface area contributed by atoms with Crippen LogP contribution < -0.4 is 10.1 Å². The number of ether oxygens (including phenoxy) is 1. The summed E-state index contributed by atoms with van der Waals surface area (Å²) in [7, 11) is 1.65. The van der Waals surface area contributed by atoms with Crippen molar-refractivity contribution in [3.63, 3.8) is 0 Å². The summed E-state index contributed by atoms with van der Waals surface area (Å²) in [6.45, 7) is 4.71. The third kappa shape index (κ3) is 5.02. The molecule has 0 saturated carbocycles. The first-order valence-electron chi connectivity index (χ1n) is 11.5. The van der Waals surface area contributed by atoms with Crippen LogP contribution in [0.4, 0.5) is 0 Å². The lowest BCUT2D eigenvalue weighted by Gasteiger charge is -2.28. The van der Waals surface area contributed by atoms with Gasteiger partial charge in [-0.3, -0.25) is 14.4 Å². The summed E-state index contributed by atoms with van der Waals surface area (Å²) in [4.78, 5) is 42.0. The second kappa shape index (κ2) is 9.65. The van der Waals surface area contributed by atoms with E-state index in [1.165, 1.54) is 4.90 Å². The number of carbonyl (C=O) groups excluding carboxylic acids is 3. The molecule has 4 rings (SSSR count). The Bertz CT molecular complexity index is 1050. The van der Waals surface area contributed by atoms with E-state index in [1.807, 2.05) is 56.3 Å². The van der Waals surface area contributed by atoms with Gasteiger partial charge >= 0.3 is 0 Å². The number of amides is 3. The van der Waals surface area contributed by atoms with Gasteiger partial charge in [0.15, 0.2) is 0 Å². The van der Waals surface area contributed by atoms with Gasteiger partial charge in [-0.2, -0.15) is 0 Å². The maximum absolute atomic E-state index is 13.3. The molecule has 1 fully saturated rings. The largest absolute Gasteiger partial charge is 0.491 e. The first kappa shape index (κ1) is 22.8. The average Bonchev–Trinajstić information content (AvgIpc) is 3.18. The molecule has 2 aliphatic rings. The van der Waals surface area contributed by atoms with E-state index in [0.29, 0.717) is 37.3 Å². The fourth-order valence-electron chi connectivity index (χ4n) is 4.62. The predicted octanol–water partition coefficient (Wildman–Crippen LogP) is 2.95. The number of hydrogen-bond donors (Lipinski definition) is 1. The molecule has 0 aromatic heterocycles. The quantitative estimate of drug-likeness (QED) is 0.782. The molecule has 2 aliphatic heterocycles. The third-order valence-corrected chi connectivity index (χ3v) is 6.18. The molecule has 33 heavy (non-hydrogen) atoms. The Labute approximate surface area is 194 Å². The van der Waals surface area contributed by atoms with Crippen LogP contribution in [0.2, 0.25) is 0 Å². The summed E-state index contributed by atoms with van der Waals surface area (Å²) >= 11 is 0. The van der Waals surface area contributed by atoms with Gasteiger partial charge in [0, 0.05) is 37.2 Å². The lowest BCUT2D eigenvalue weighted by Crippen LogP contribution is -2.46. The number of carbonyl (C=O) groups is 3. The average molecular weight is 450 g/mol. The van der Waals surface area contributed by atoms with E-state index in [4.69, 9.17) is 4.74 Å². The monoisotopic (exact) mass is 449 g/mol. The van der Waals surface area contributed by atoms with Crippen LogP contribution in [-0.2, 0) is 9.59 Å². The van der Waals surface area contributed by atoms with Crippen molar-refractivity contribution in [1.82, 2.24) is 15.1 Å². The van der Waals surface area contributed by atoms with E-state index in [2.05, 4.69) is 5.32 Å². The van der Waals surface area contributed by atoms with Gasteiger partial charge in [-0.1, -0.05) is 50.2 Å². The second-order valence-electron chi connectivity index (χ2n) is 9.31. The lowest BCUT2D eigenvalue weighted by atomic mass is 9.98. The molecule has 7 nitrogen and oxygen atoms in total. The van der Waals surface area contributed by atoms with E-state index in [0.717, 1.165) is 11.1 Å². The maximum atomic E-state index is 13.3. The summed E-state index contributed by atoms with van der Waals surface area (Å²) in [5.41, 5.74) is 2.15. The minimum Gasteiger partial charge on any atom is -0.491 e. The minimum absolute atomic E-state index is 0.00465. The SMILES string of the molecule is CC(C)CC(=O)N[C@@H]1C[C@H]2COc3ccccc3-c3ccccc3C(=O)N(C)CC(=O)N2C1. The zero-order valence-electron chi connectivity index (χ0n) is 19.4. The molecule has 0 aliphatic carbocycles. The Morgan fingerprint density at radius 3 is 2.45 bits per heavy atom. The molecule has 7 heteroatoms. The number of nitrogens with zero attached hydrogens (tertiary/aromatic N) is 2. The summed E-state index contributed by atoms with van der Waals surface area (Å²) in [6.07, 6.45) is 1.07. The van der Waals surface area contributed by atoms with Crippen molar-refractivity contribution < 1.29 is 19.1 Å². The van der Waals surface area contributed by atoms with Crippen LogP contribution in [0.15, 0.2) is 48.5 Å². The van der Waals surface area contributed by atoms with Crippen molar-refractivity contribution in [1.29, 1.82) is 0 Å². The normalized spacial score (nSPS) is 20.8. The summed E-state index contributed by atoms with van der Waals surface area (Å²) < 4.78 is 6.23. The summed E-state index contributed by atoms with van der Waals surface area (Å²) in [5.74, 6) is 0.566. The molecule has 3 amide bonds. The van der Waals surface area contributed by atoms with Gasteiger partial charge in [-0.25, -0.2) is 0 Å². The van der Waals surface area contributed by atoms with E-state index in [-0.39, 0.29) is 42.3 Å². The summed E-state index contributed by atoms with van der Waals surface area (Å²) in [6, 6.07) is 14.7. The highest BCUT2D eigenvalue weighted by Crippen LogP contribution is 2.34. The molecule has 1 saturated heterocycles. The number of likely N-dealkylation sites (N-methyl/N-ethyl adjacent to an activating group) is 1. The number of nitrogens with one attached hydrogen (secondary N) is 1. The van der Waals surface area contributed by atoms with Crippen molar-refractivity contribution in [2.45, 2.75) is 38.8 Å². The van der Waals surface area contributed by atoms with Crippen molar-refractivity contribution in [2.24, 2.45) is 5.92 Å². The van der Waals surface area contributed by atoms with Gasteiger partial charge in [0.2, 0.25) is 11.8 Å². The first-order valence-corrected chi connectivity index (χ1v) is 11.5. The van der Waals surface area contributed by atoms with Crippen LogP contribution >= 0.6 is 0 Å². The van der Waals surface area contributed by atoms with E-state index >= 15 is 0 Å². The first-order chi connectivity index (χ1) is 15.8. The van der Waals surface area contributed by atoms with Crippen LogP contribution in [-0.4, -0.2) is 66.3 Å². The fourth-order valence-corrected chi connectivity index (χ4v) is 4.62. The Morgan fingerprint density at radius 1 is 1.06 bits per heavy atom. The predicted molar refractivity (Wildman–Crippen MR) is 126 cm³/mol. The van der Waals surface area contributed by atoms with Gasteiger partial charge < -0.3 is 19.9 Å². The topological polar surface area (TPSA) is 79.0 Å². The van der Waals surface area contributed by atoms with E-state index in [1.54, 1.807) is 18.0 Å². The number of para-hydroxylation sites is 1. The Kier molecular flexibility index (Phi) is 6.67. The third-order valence-electron chi connectivity index (χ3n) is 6.18. The molecule has 0 bridgehead atoms. The molecule has 2 atom stereocenters. The van der Waals surface area contributed by atoms with Crippen LogP contribution in [0.3, 0.4) is 0 Å². The van der Waals surface area contributed by atoms with Crippen LogP contribution in [0.5, 0.6) is 5.75 Å². The zero-order chi connectivity index (χ0) is 23.5. The highest BCUT2D eigenvalue weighted by Gasteiger charge is 2.37. The molecule has 174 valence electrons. The lowest BCUT2D eigenvalue weighted by molar-refractivity contribution is -0.133. The number of rotatable bonds is 3. The molecule has 2 heterocycles. The molecular formula is C26H31N3O4.